The van der Waals surface area contributed by atoms with Gasteiger partial charge in [-0.1, -0.05) is 0 Å². The minimum atomic E-state index is -0.970. The zero-order valence-electron chi connectivity index (χ0n) is 19.5. The molecule has 1 unspecified atom stereocenters. The summed E-state index contributed by atoms with van der Waals surface area (Å²) in [4.78, 5) is 55.6. The number of cyclic esters (lactones) is 1. The molecule has 3 aromatic rings. The highest BCUT2D eigenvalue weighted by molar-refractivity contribution is 7.10. The molecule has 5 rings (SSSR count). The van der Waals surface area contributed by atoms with Crippen molar-refractivity contribution >= 4 is 46.6 Å². The van der Waals surface area contributed by atoms with Gasteiger partial charge in [0.25, 0.3) is 11.8 Å². The van der Waals surface area contributed by atoms with Crippen molar-refractivity contribution in [2.45, 2.75) is 12.5 Å². The fraction of sp³-hybridized carbons (Fsp3) is 0.250. The molecule has 2 saturated heterocycles. The molecule has 0 N–H and O–H groups in total. The molecule has 0 bridgehead atoms. The maximum absolute atomic E-state index is 13.8. The fourth-order valence-electron chi connectivity index (χ4n) is 4.16. The predicted molar refractivity (Wildman–Crippen MR) is 131 cm³/mol. The first kappa shape index (κ1) is 24.1. The monoisotopic (exact) mass is 522 g/mol. The number of rotatable bonds is 6. The molecule has 188 valence electrons. The highest BCUT2D eigenvalue weighted by Crippen LogP contribution is 2.35. The van der Waals surface area contributed by atoms with Crippen LogP contribution in [0.15, 0.2) is 36.0 Å². The van der Waals surface area contributed by atoms with E-state index in [4.69, 9.17) is 15.9 Å². The van der Waals surface area contributed by atoms with Crippen molar-refractivity contribution in [1.29, 1.82) is 0 Å². The lowest BCUT2D eigenvalue weighted by Gasteiger charge is -2.29. The Morgan fingerprint density at radius 3 is 2.68 bits per heavy atom. The molecule has 4 heterocycles. The number of carbonyl (C=O) groups is 3. The van der Waals surface area contributed by atoms with E-state index < -0.39 is 29.8 Å². The van der Waals surface area contributed by atoms with Crippen molar-refractivity contribution in [3.63, 3.8) is 0 Å². The first-order valence-corrected chi connectivity index (χ1v) is 12.0. The van der Waals surface area contributed by atoms with E-state index in [1.165, 1.54) is 27.2 Å². The van der Waals surface area contributed by atoms with Gasteiger partial charge in [-0.15, -0.1) is 17.8 Å². The van der Waals surface area contributed by atoms with Crippen molar-refractivity contribution in [3.8, 4) is 18.1 Å². The molecule has 2 aliphatic rings. The normalized spacial score (nSPS) is 17.1. The van der Waals surface area contributed by atoms with Crippen molar-refractivity contribution in [1.82, 2.24) is 15.0 Å². The molecular weight excluding hydrogens is 503 g/mol. The summed E-state index contributed by atoms with van der Waals surface area (Å²) >= 11 is 1.12. The van der Waals surface area contributed by atoms with E-state index in [-0.39, 0.29) is 31.2 Å². The van der Waals surface area contributed by atoms with Gasteiger partial charge < -0.3 is 9.47 Å². The van der Waals surface area contributed by atoms with Gasteiger partial charge in [0.15, 0.2) is 10.8 Å². The molecule has 0 spiro atoms. The van der Waals surface area contributed by atoms with Crippen LogP contribution in [0.4, 0.5) is 26.5 Å². The number of ether oxygens (including phenoxy) is 2. The van der Waals surface area contributed by atoms with Crippen LogP contribution in [0.2, 0.25) is 0 Å². The molecule has 0 radical (unpaired) electrons. The Bertz CT molecular complexity index is 1420. The molecule has 37 heavy (non-hydrogen) atoms. The number of amides is 3. The Kier molecular flexibility index (Phi) is 6.41. The minimum Gasteiger partial charge on any atom is -0.497 e. The molecule has 0 aliphatic carbocycles. The number of benzene rings is 1. The average Bonchev–Trinajstić information content (AvgIpc) is 3.65. The second-order valence-electron chi connectivity index (χ2n) is 8.01. The Morgan fingerprint density at radius 2 is 2.03 bits per heavy atom. The standard InChI is InChI=1S/C24H19FN6O5S/c1-3-20-28-18(13-37-20)21(32)31(19-4-5-30(22(19)33)23-26-11-14(25)12-27-23)16-8-15(9-17(10-16)35-2)29-6-7-36-24(29)34/h1,8-13,19H,4-7H2,2H3. The molecule has 1 aromatic carbocycles. The number of halogens is 1. The zero-order chi connectivity index (χ0) is 26.1. The van der Waals surface area contributed by atoms with E-state index in [1.807, 2.05) is 0 Å². The van der Waals surface area contributed by atoms with Crippen molar-refractivity contribution < 1.29 is 28.2 Å². The molecule has 11 nitrogen and oxygen atoms in total. The highest BCUT2D eigenvalue weighted by atomic mass is 32.1. The number of methoxy groups -OCH3 is 1. The summed E-state index contributed by atoms with van der Waals surface area (Å²) in [5, 5.41) is 1.83. The maximum Gasteiger partial charge on any atom is 0.414 e. The number of thiazole rings is 1. The van der Waals surface area contributed by atoms with Gasteiger partial charge in [0, 0.05) is 24.1 Å². The molecule has 2 aromatic heterocycles. The summed E-state index contributed by atoms with van der Waals surface area (Å²) in [5.74, 6) is 1.11. The minimum absolute atomic E-state index is 0.0238. The molecule has 2 fully saturated rings. The lowest BCUT2D eigenvalue weighted by atomic mass is 10.1. The molecule has 13 heteroatoms. The second kappa shape index (κ2) is 9.82. The van der Waals surface area contributed by atoms with E-state index in [9.17, 15) is 18.8 Å². The summed E-state index contributed by atoms with van der Waals surface area (Å²) in [7, 11) is 1.45. The van der Waals surface area contributed by atoms with E-state index in [1.54, 1.807) is 18.2 Å². The number of aromatic nitrogens is 3. The molecule has 3 amide bonds. The summed E-state index contributed by atoms with van der Waals surface area (Å²) in [6, 6.07) is 3.85. The van der Waals surface area contributed by atoms with Gasteiger partial charge in [0.2, 0.25) is 5.95 Å². The fourth-order valence-corrected chi connectivity index (χ4v) is 4.75. The zero-order valence-corrected chi connectivity index (χ0v) is 20.3. The quantitative estimate of drug-likeness (QED) is 0.453. The third-order valence-corrected chi connectivity index (χ3v) is 6.64. The first-order chi connectivity index (χ1) is 17.9. The second-order valence-corrected chi connectivity index (χ2v) is 8.87. The Morgan fingerprint density at radius 1 is 1.24 bits per heavy atom. The van der Waals surface area contributed by atoms with Gasteiger partial charge in [0.1, 0.15) is 24.1 Å². The van der Waals surface area contributed by atoms with Gasteiger partial charge >= 0.3 is 6.09 Å². The van der Waals surface area contributed by atoms with Crippen LogP contribution in [-0.4, -0.2) is 65.7 Å². The molecule has 2 aliphatic heterocycles. The van der Waals surface area contributed by atoms with Crippen LogP contribution < -0.4 is 19.4 Å². The van der Waals surface area contributed by atoms with Crippen LogP contribution in [-0.2, 0) is 9.53 Å². The predicted octanol–water partition coefficient (Wildman–Crippen LogP) is 2.47. The number of nitrogens with zero attached hydrogens (tertiary/aromatic N) is 6. The topological polar surface area (TPSA) is 118 Å². The van der Waals surface area contributed by atoms with Gasteiger partial charge in [-0.05, 0) is 18.4 Å². The van der Waals surface area contributed by atoms with Crippen LogP contribution in [0.5, 0.6) is 5.75 Å². The average molecular weight is 523 g/mol. The van der Waals surface area contributed by atoms with E-state index >= 15 is 0 Å². The van der Waals surface area contributed by atoms with Crippen LogP contribution in [0, 0.1) is 18.2 Å². The number of terminal acetylenes is 1. The highest BCUT2D eigenvalue weighted by Gasteiger charge is 2.42. The van der Waals surface area contributed by atoms with E-state index in [2.05, 4.69) is 20.9 Å². The third kappa shape index (κ3) is 4.54. The van der Waals surface area contributed by atoms with Crippen LogP contribution in [0.1, 0.15) is 21.9 Å². The van der Waals surface area contributed by atoms with Gasteiger partial charge in [-0.3, -0.25) is 24.3 Å². The van der Waals surface area contributed by atoms with Gasteiger partial charge in [-0.2, -0.15) is 0 Å². The third-order valence-electron chi connectivity index (χ3n) is 5.87. The Labute approximate surface area is 214 Å². The van der Waals surface area contributed by atoms with Crippen LogP contribution >= 0.6 is 11.3 Å². The van der Waals surface area contributed by atoms with Crippen LogP contribution in [0.25, 0.3) is 0 Å². The van der Waals surface area contributed by atoms with Crippen molar-refractivity contribution in [2.75, 3.05) is 41.5 Å². The van der Waals surface area contributed by atoms with Crippen molar-refractivity contribution in [2.24, 2.45) is 0 Å². The van der Waals surface area contributed by atoms with Crippen molar-refractivity contribution in [3.05, 3.63) is 52.5 Å². The largest absolute Gasteiger partial charge is 0.497 e. The Hall–Kier alpha value is -4.57. The van der Waals surface area contributed by atoms with E-state index in [0.29, 0.717) is 28.7 Å². The maximum atomic E-state index is 13.8. The molecular formula is C24H19FN6O5S. The summed E-state index contributed by atoms with van der Waals surface area (Å²) in [6.45, 7) is 0.728. The van der Waals surface area contributed by atoms with Crippen LogP contribution in [0.3, 0.4) is 0 Å². The number of carbonyl (C=O) groups excluding carboxylic acids is 3. The number of hydrogen-bond acceptors (Lipinski definition) is 9. The van der Waals surface area contributed by atoms with E-state index in [0.717, 1.165) is 23.7 Å². The lowest BCUT2D eigenvalue weighted by molar-refractivity contribution is -0.118. The lowest BCUT2D eigenvalue weighted by Crippen LogP contribution is -2.46. The Balaban J connectivity index is 1.58. The smallest absolute Gasteiger partial charge is 0.414 e. The number of hydrogen-bond donors (Lipinski definition) is 0. The van der Waals surface area contributed by atoms with Gasteiger partial charge in [-0.25, -0.2) is 24.1 Å². The molecule has 0 saturated carbocycles. The summed E-state index contributed by atoms with van der Waals surface area (Å²) in [6.07, 6.45) is 7.06. The van der Waals surface area contributed by atoms with Gasteiger partial charge in [0.05, 0.1) is 37.4 Å². The first-order valence-electron chi connectivity index (χ1n) is 11.1. The SMILES string of the molecule is C#Cc1nc(C(=O)N(c2cc(OC)cc(N3CCOC3=O)c2)C2CCN(c3ncc(F)cn3)C2=O)cs1. The summed E-state index contributed by atoms with van der Waals surface area (Å²) < 4.78 is 23.8. The summed E-state index contributed by atoms with van der Waals surface area (Å²) in [5.41, 5.74) is 0.795. The number of anilines is 3. The molecule has 1 atom stereocenters.